The van der Waals surface area contributed by atoms with Gasteiger partial charge in [0.05, 0.1) is 22.5 Å². The summed E-state index contributed by atoms with van der Waals surface area (Å²) in [6.07, 6.45) is 0. The van der Waals surface area contributed by atoms with Gasteiger partial charge in [0, 0.05) is 16.9 Å². The van der Waals surface area contributed by atoms with Crippen molar-refractivity contribution in [3.63, 3.8) is 0 Å². The molecule has 40 heavy (non-hydrogen) atoms. The van der Waals surface area contributed by atoms with Crippen molar-refractivity contribution in [1.82, 2.24) is 4.90 Å². The van der Waals surface area contributed by atoms with E-state index >= 15 is 0 Å². The molecular formula is C31H26Cl2N2O5. The number of carbonyl (C=O) groups excluding carboxylic acids is 4. The molecule has 3 atom stereocenters. The summed E-state index contributed by atoms with van der Waals surface area (Å²) in [6, 6.07) is 19.3. The van der Waals surface area contributed by atoms with Gasteiger partial charge >= 0.3 is 5.97 Å². The lowest BCUT2D eigenvalue weighted by atomic mass is 9.55. The number of hydrogen-bond donors (Lipinski definition) is 1. The third-order valence-corrected chi connectivity index (χ3v) is 8.73. The van der Waals surface area contributed by atoms with Gasteiger partial charge in [-0.05, 0) is 46.4 Å². The summed E-state index contributed by atoms with van der Waals surface area (Å²) in [7, 11) is 0. The molecule has 1 aliphatic heterocycles. The summed E-state index contributed by atoms with van der Waals surface area (Å²) in [5.41, 5.74) is 4.53. The Morgan fingerprint density at radius 1 is 0.850 bits per heavy atom. The Morgan fingerprint density at radius 3 is 1.80 bits per heavy atom. The maximum absolute atomic E-state index is 14.0. The minimum Gasteiger partial charge on any atom is -0.454 e. The zero-order valence-electron chi connectivity index (χ0n) is 21.8. The SMILES string of the molecule is CC(C)[C@@H](C(=O)OCC(=O)Nc1ccc(Cl)cc1Cl)N1C(=O)[C@@H]2C3c4ccccc4C(c4ccccc43)[C@@H]2C1=O. The number of anilines is 1. The molecule has 3 amide bonds. The van der Waals surface area contributed by atoms with Crippen molar-refractivity contribution >= 4 is 52.6 Å². The summed E-state index contributed by atoms with van der Waals surface area (Å²) in [6.45, 7) is 2.90. The van der Waals surface area contributed by atoms with Crippen molar-refractivity contribution in [2.45, 2.75) is 31.7 Å². The molecule has 3 aliphatic carbocycles. The first-order chi connectivity index (χ1) is 19.2. The molecule has 1 heterocycles. The maximum Gasteiger partial charge on any atom is 0.330 e. The second-order valence-electron chi connectivity index (χ2n) is 10.8. The largest absolute Gasteiger partial charge is 0.454 e. The molecule has 2 bridgehead atoms. The Balaban J connectivity index is 1.26. The van der Waals surface area contributed by atoms with Crippen LogP contribution in [0.3, 0.4) is 0 Å². The van der Waals surface area contributed by atoms with Gasteiger partial charge in [-0.3, -0.25) is 19.3 Å². The number of amides is 3. The first kappa shape index (κ1) is 26.5. The molecule has 0 unspecified atom stereocenters. The average molecular weight is 577 g/mol. The molecule has 4 aliphatic rings. The van der Waals surface area contributed by atoms with Gasteiger partial charge in [0.15, 0.2) is 6.61 Å². The first-order valence-electron chi connectivity index (χ1n) is 13.1. The fourth-order valence-corrected chi connectivity index (χ4v) is 7.11. The normalized spacial score (nSPS) is 23.0. The number of rotatable bonds is 6. The fourth-order valence-electron chi connectivity index (χ4n) is 6.65. The highest BCUT2D eigenvalue weighted by molar-refractivity contribution is 6.36. The van der Waals surface area contributed by atoms with Crippen molar-refractivity contribution in [2.24, 2.45) is 17.8 Å². The average Bonchev–Trinajstić information content (AvgIpc) is 3.19. The third kappa shape index (κ3) is 4.11. The molecule has 7 nitrogen and oxygen atoms in total. The molecule has 9 heteroatoms. The molecule has 1 N–H and O–H groups in total. The predicted molar refractivity (Wildman–Crippen MR) is 150 cm³/mol. The standard InChI is InChI=1S/C31H26Cl2N2O5/c1-15(2)28(31(39)40-14-23(36)34-22-12-11-16(32)13-21(22)33)35-29(37)26-24-17-7-3-4-8-18(17)25(27(26)30(35)38)20-10-6-5-9-19(20)24/h3-13,15,24-28H,14H2,1-2H3,(H,34,36)/t24?,25?,26-,27+,28-/m0/s1. The number of likely N-dealkylation sites (tertiary alicyclic amines) is 1. The number of hydrogen-bond acceptors (Lipinski definition) is 5. The highest BCUT2D eigenvalue weighted by Gasteiger charge is 2.63. The van der Waals surface area contributed by atoms with Crippen LogP contribution in [0.2, 0.25) is 10.0 Å². The van der Waals surface area contributed by atoms with E-state index in [1.807, 2.05) is 48.5 Å². The molecular weight excluding hydrogens is 551 g/mol. The van der Waals surface area contributed by atoms with Gasteiger partial charge in [-0.1, -0.05) is 85.6 Å². The first-order valence-corrected chi connectivity index (χ1v) is 13.9. The molecule has 0 aromatic heterocycles. The van der Waals surface area contributed by atoms with E-state index in [9.17, 15) is 19.2 Å². The van der Waals surface area contributed by atoms with Crippen LogP contribution in [0.1, 0.15) is 47.9 Å². The van der Waals surface area contributed by atoms with Crippen molar-refractivity contribution in [2.75, 3.05) is 11.9 Å². The zero-order valence-corrected chi connectivity index (χ0v) is 23.3. The number of ether oxygens (including phenoxy) is 1. The van der Waals surface area contributed by atoms with Gasteiger partial charge in [-0.25, -0.2) is 4.79 Å². The molecule has 1 fully saturated rings. The van der Waals surface area contributed by atoms with E-state index in [4.69, 9.17) is 27.9 Å². The third-order valence-electron chi connectivity index (χ3n) is 8.18. The van der Waals surface area contributed by atoms with Gasteiger partial charge < -0.3 is 10.1 Å². The van der Waals surface area contributed by atoms with Crippen molar-refractivity contribution in [1.29, 1.82) is 0 Å². The number of halogens is 2. The summed E-state index contributed by atoms with van der Waals surface area (Å²) in [5, 5.41) is 3.22. The Bertz CT molecular complexity index is 1460. The number of benzene rings is 3. The van der Waals surface area contributed by atoms with Crippen LogP contribution in [-0.4, -0.2) is 41.2 Å². The van der Waals surface area contributed by atoms with E-state index in [-0.39, 0.29) is 28.7 Å². The summed E-state index contributed by atoms with van der Waals surface area (Å²) in [4.78, 5) is 55.1. The summed E-state index contributed by atoms with van der Waals surface area (Å²) < 4.78 is 5.35. The minimum atomic E-state index is -1.16. The van der Waals surface area contributed by atoms with Gasteiger partial charge in [0.2, 0.25) is 11.8 Å². The highest BCUT2D eigenvalue weighted by Crippen LogP contribution is 2.61. The molecule has 204 valence electrons. The predicted octanol–water partition coefficient (Wildman–Crippen LogP) is 5.39. The Hall–Kier alpha value is -3.68. The van der Waals surface area contributed by atoms with E-state index in [0.29, 0.717) is 10.7 Å². The number of nitrogens with zero attached hydrogens (tertiary/aromatic N) is 1. The van der Waals surface area contributed by atoms with Crippen LogP contribution in [0.4, 0.5) is 5.69 Å². The van der Waals surface area contributed by atoms with Gasteiger partial charge in [-0.2, -0.15) is 0 Å². The lowest BCUT2D eigenvalue weighted by Crippen LogP contribution is -2.49. The molecule has 0 radical (unpaired) electrons. The van der Waals surface area contributed by atoms with Crippen molar-refractivity contribution in [3.8, 4) is 0 Å². The second kappa shape index (κ2) is 10.1. The van der Waals surface area contributed by atoms with Crippen LogP contribution in [0.5, 0.6) is 0 Å². The van der Waals surface area contributed by atoms with E-state index in [0.717, 1.165) is 27.2 Å². The van der Waals surface area contributed by atoms with Gasteiger partial charge in [0.1, 0.15) is 6.04 Å². The lowest BCUT2D eigenvalue weighted by molar-refractivity contribution is -0.162. The number of imide groups is 1. The van der Waals surface area contributed by atoms with E-state index in [2.05, 4.69) is 5.32 Å². The van der Waals surface area contributed by atoms with Crippen LogP contribution in [-0.2, 0) is 23.9 Å². The maximum atomic E-state index is 14.0. The fraction of sp³-hybridized carbons (Fsp3) is 0.290. The van der Waals surface area contributed by atoms with E-state index in [1.165, 1.54) is 12.1 Å². The van der Waals surface area contributed by atoms with E-state index < -0.39 is 42.3 Å². The minimum absolute atomic E-state index is 0.236. The van der Waals surface area contributed by atoms with Crippen molar-refractivity contribution in [3.05, 3.63) is 99.0 Å². The number of nitrogens with one attached hydrogen (secondary N) is 1. The zero-order chi connectivity index (χ0) is 28.3. The van der Waals surface area contributed by atoms with Crippen LogP contribution < -0.4 is 5.32 Å². The van der Waals surface area contributed by atoms with Crippen molar-refractivity contribution < 1.29 is 23.9 Å². The van der Waals surface area contributed by atoms with Crippen LogP contribution in [0.15, 0.2) is 66.7 Å². The quantitative estimate of drug-likeness (QED) is 0.313. The number of carbonyl (C=O) groups is 4. The molecule has 3 aromatic carbocycles. The summed E-state index contributed by atoms with van der Waals surface area (Å²) in [5.74, 6) is -4.36. The topological polar surface area (TPSA) is 92.8 Å². The molecule has 3 aromatic rings. The Labute approximate surface area is 241 Å². The number of esters is 1. The molecule has 1 saturated heterocycles. The molecule has 7 rings (SSSR count). The molecule has 0 saturated carbocycles. The smallest absolute Gasteiger partial charge is 0.330 e. The van der Waals surface area contributed by atoms with E-state index in [1.54, 1.807) is 19.9 Å². The van der Waals surface area contributed by atoms with Gasteiger partial charge in [0.25, 0.3) is 5.91 Å². The molecule has 0 spiro atoms. The van der Waals surface area contributed by atoms with Crippen LogP contribution >= 0.6 is 23.2 Å². The van der Waals surface area contributed by atoms with Gasteiger partial charge in [-0.15, -0.1) is 0 Å². The lowest BCUT2D eigenvalue weighted by Gasteiger charge is -2.45. The highest BCUT2D eigenvalue weighted by atomic mass is 35.5. The Kier molecular flexibility index (Phi) is 6.67. The summed E-state index contributed by atoms with van der Waals surface area (Å²) >= 11 is 12.0. The Morgan fingerprint density at radius 2 is 1.35 bits per heavy atom. The monoisotopic (exact) mass is 576 g/mol. The second-order valence-corrected chi connectivity index (χ2v) is 11.6. The van der Waals surface area contributed by atoms with Crippen LogP contribution in [0.25, 0.3) is 0 Å². The van der Waals surface area contributed by atoms with Crippen LogP contribution in [0, 0.1) is 17.8 Å².